The Balaban J connectivity index is 2.74. The first-order valence-corrected chi connectivity index (χ1v) is 6.35. The van der Waals surface area contributed by atoms with Crippen LogP contribution in [0.1, 0.15) is 36.5 Å². The second-order valence-corrected chi connectivity index (χ2v) is 5.40. The van der Waals surface area contributed by atoms with E-state index in [9.17, 15) is 0 Å². The molecule has 2 aromatic rings. The molecule has 0 saturated heterocycles. The van der Waals surface area contributed by atoms with Gasteiger partial charge in [-0.15, -0.1) is 0 Å². The van der Waals surface area contributed by atoms with Gasteiger partial charge >= 0.3 is 0 Å². The van der Waals surface area contributed by atoms with Crippen LogP contribution in [-0.4, -0.2) is 4.98 Å². The molecule has 0 unspecified atom stereocenters. The molecule has 0 atom stereocenters. The van der Waals surface area contributed by atoms with Gasteiger partial charge in [0.05, 0.1) is 5.52 Å². The van der Waals surface area contributed by atoms with Crippen LogP contribution in [0, 0.1) is 13.8 Å². The molecule has 0 amide bonds. The van der Waals surface area contributed by atoms with Crippen molar-refractivity contribution >= 4 is 26.8 Å². The average molecular weight is 278 g/mol. The summed E-state index contributed by atoms with van der Waals surface area (Å²) in [5.41, 5.74) is 4.96. The molecule has 2 heteroatoms. The van der Waals surface area contributed by atoms with E-state index in [4.69, 9.17) is 0 Å². The summed E-state index contributed by atoms with van der Waals surface area (Å²) in [6.45, 7) is 8.65. The van der Waals surface area contributed by atoms with Gasteiger partial charge in [-0.25, -0.2) is 4.98 Å². The summed E-state index contributed by atoms with van der Waals surface area (Å²) < 4.78 is 0.971. The van der Waals surface area contributed by atoms with E-state index >= 15 is 0 Å². The van der Waals surface area contributed by atoms with Crippen molar-refractivity contribution in [2.24, 2.45) is 0 Å². The smallest absolute Gasteiger partial charge is 0.110 e. The molecule has 2 rings (SSSR count). The predicted molar refractivity (Wildman–Crippen MR) is 73.0 cm³/mol. The number of aryl methyl sites for hydroxylation is 2. The molecular formula is C14H16BrN. The molecule has 0 saturated carbocycles. The number of pyridine rings is 1. The van der Waals surface area contributed by atoms with Gasteiger partial charge in [-0.05, 0) is 70.6 Å². The lowest BCUT2D eigenvalue weighted by molar-refractivity contribution is 0.854. The van der Waals surface area contributed by atoms with E-state index < -0.39 is 0 Å². The van der Waals surface area contributed by atoms with Crippen molar-refractivity contribution in [1.82, 2.24) is 4.98 Å². The van der Waals surface area contributed by atoms with Gasteiger partial charge in [-0.2, -0.15) is 0 Å². The van der Waals surface area contributed by atoms with E-state index in [1.807, 2.05) is 0 Å². The summed E-state index contributed by atoms with van der Waals surface area (Å²) in [7, 11) is 0. The third-order valence-corrected chi connectivity index (χ3v) is 3.67. The third kappa shape index (κ3) is 1.99. The fraction of sp³-hybridized carbons (Fsp3) is 0.357. The van der Waals surface area contributed by atoms with Crippen molar-refractivity contribution in [1.29, 1.82) is 0 Å². The van der Waals surface area contributed by atoms with E-state index in [1.165, 1.54) is 22.1 Å². The molecule has 0 radical (unpaired) electrons. The van der Waals surface area contributed by atoms with Gasteiger partial charge in [0, 0.05) is 5.39 Å². The van der Waals surface area contributed by atoms with Crippen molar-refractivity contribution in [3.8, 4) is 0 Å². The van der Waals surface area contributed by atoms with Gasteiger partial charge < -0.3 is 0 Å². The first-order chi connectivity index (χ1) is 7.49. The Kier molecular flexibility index (Phi) is 3.02. The Morgan fingerprint density at radius 3 is 2.31 bits per heavy atom. The molecule has 1 aromatic carbocycles. The van der Waals surface area contributed by atoms with Gasteiger partial charge in [0.1, 0.15) is 4.60 Å². The van der Waals surface area contributed by atoms with Crippen molar-refractivity contribution < 1.29 is 0 Å². The average Bonchev–Trinajstić information content (AvgIpc) is 2.19. The van der Waals surface area contributed by atoms with Crippen molar-refractivity contribution in [3.05, 3.63) is 39.5 Å². The number of hydrogen-bond donors (Lipinski definition) is 0. The maximum absolute atomic E-state index is 4.62. The fourth-order valence-corrected chi connectivity index (χ4v) is 2.60. The van der Waals surface area contributed by atoms with E-state index in [2.05, 4.69) is 66.8 Å². The largest absolute Gasteiger partial charge is 0.241 e. The highest BCUT2D eigenvalue weighted by molar-refractivity contribution is 9.10. The number of halogens is 1. The quantitative estimate of drug-likeness (QED) is 0.687. The van der Waals surface area contributed by atoms with Crippen molar-refractivity contribution in [2.75, 3.05) is 0 Å². The van der Waals surface area contributed by atoms with Gasteiger partial charge in [0.15, 0.2) is 0 Å². The topological polar surface area (TPSA) is 12.9 Å². The number of nitrogens with zero attached hydrogens (tertiary/aromatic N) is 1. The minimum absolute atomic E-state index is 0.493. The molecule has 0 aliphatic rings. The Morgan fingerprint density at radius 2 is 1.69 bits per heavy atom. The lowest BCUT2D eigenvalue weighted by Crippen LogP contribution is -1.94. The van der Waals surface area contributed by atoms with Crippen molar-refractivity contribution in [3.63, 3.8) is 0 Å². The summed E-state index contributed by atoms with van der Waals surface area (Å²) in [6, 6.07) is 6.61. The third-order valence-electron chi connectivity index (χ3n) is 3.03. The second kappa shape index (κ2) is 4.17. The summed E-state index contributed by atoms with van der Waals surface area (Å²) >= 11 is 3.55. The summed E-state index contributed by atoms with van der Waals surface area (Å²) in [6.07, 6.45) is 0. The van der Waals surface area contributed by atoms with Crippen molar-refractivity contribution in [2.45, 2.75) is 33.6 Å². The molecule has 16 heavy (non-hydrogen) atoms. The normalized spacial score (nSPS) is 11.4. The zero-order chi connectivity index (χ0) is 11.9. The highest BCUT2D eigenvalue weighted by atomic mass is 79.9. The maximum atomic E-state index is 4.62. The molecule has 1 aromatic heterocycles. The van der Waals surface area contributed by atoms with Gasteiger partial charge in [-0.1, -0.05) is 13.8 Å². The number of aromatic nitrogens is 1. The standard InChI is InChI=1S/C14H16BrN/c1-8(2)12-7-11-5-9(3)10(4)6-13(11)16-14(12)15/h5-8H,1-4H3. The van der Waals surface area contributed by atoms with Gasteiger partial charge in [0.25, 0.3) is 0 Å². The Bertz CT molecular complexity index is 544. The number of hydrogen-bond acceptors (Lipinski definition) is 1. The summed E-state index contributed by atoms with van der Waals surface area (Å²) in [5.74, 6) is 0.493. The van der Waals surface area contributed by atoms with Crippen LogP contribution in [-0.2, 0) is 0 Å². The molecule has 1 heterocycles. The highest BCUT2D eigenvalue weighted by Gasteiger charge is 2.08. The number of rotatable bonds is 1. The monoisotopic (exact) mass is 277 g/mol. The summed E-state index contributed by atoms with van der Waals surface area (Å²) in [5, 5.41) is 1.23. The van der Waals surface area contributed by atoms with Gasteiger partial charge in [0.2, 0.25) is 0 Å². The van der Waals surface area contributed by atoms with Crippen LogP contribution in [0.15, 0.2) is 22.8 Å². The molecular weight excluding hydrogens is 262 g/mol. The molecule has 0 bridgehead atoms. The molecule has 0 aliphatic carbocycles. The van der Waals surface area contributed by atoms with E-state index in [-0.39, 0.29) is 0 Å². The lowest BCUT2D eigenvalue weighted by Gasteiger charge is -2.10. The Morgan fingerprint density at radius 1 is 1.06 bits per heavy atom. The van der Waals surface area contributed by atoms with Crippen LogP contribution in [0.3, 0.4) is 0 Å². The molecule has 84 valence electrons. The minimum Gasteiger partial charge on any atom is -0.241 e. The van der Waals surface area contributed by atoms with Crippen LogP contribution in [0.5, 0.6) is 0 Å². The molecule has 0 fully saturated rings. The van der Waals surface area contributed by atoms with E-state index in [0.717, 1.165) is 10.1 Å². The van der Waals surface area contributed by atoms with Crippen LogP contribution < -0.4 is 0 Å². The number of fused-ring (bicyclic) bond motifs is 1. The van der Waals surface area contributed by atoms with Crippen LogP contribution in [0.25, 0.3) is 10.9 Å². The van der Waals surface area contributed by atoms with Gasteiger partial charge in [-0.3, -0.25) is 0 Å². The predicted octanol–water partition coefficient (Wildman–Crippen LogP) is 4.74. The second-order valence-electron chi connectivity index (χ2n) is 4.65. The zero-order valence-electron chi connectivity index (χ0n) is 10.1. The van der Waals surface area contributed by atoms with Crippen LogP contribution in [0.2, 0.25) is 0 Å². The van der Waals surface area contributed by atoms with E-state index in [1.54, 1.807) is 0 Å². The Hall–Kier alpha value is -0.890. The molecule has 0 N–H and O–H groups in total. The summed E-state index contributed by atoms with van der Waals surface area (Å²) in [4.78, 5) is 4.62. The lowest BCUT2D eigenvalue weighted by atomic mass is 10.0. The molecule has 0 spiro atoms. The van der Waals surface area contributed by atoms with Crippen LogP contribution >= 0.6 is 15.9 Å². The Labute approximate surface area is 105 Å². The first-order valence-electron chi connectivity index (χ1n) is 5.56. The zero-order valence-corrected chi connectivity index (χ0v) is 11.7. The molecule has 0 aliphatic heterocycles. The highest BCUT2D eigenvalue weighted by Crippen LogP contribution is 2.28. The fourth-order valence-electron chi connectivity index (χ4n) is 1.84. The maximum Gasteiger partial charge on any atom is 0.110 e. The molecule has 1 nitrogen and oxygen atoms in total. The SMILES string of the molecule is Cc1cc2cc(C(C)C)c(Br)nc2cc1C. The number of benzene rings is 1. The van der Waals surface area contributed by atoms with E-state index in [0.29, 0.717) is 5.92 Å². The minimum atomic E-state index is 0.493. The first kappa shape index (κ1) is 11.6. The van der Waals surface area contributed by atoms with Crippen LogP contribution in [0.4, 0.5) is 0 Å².